The van der Waals surface area contributed by atoms with E-state index < -0.39 is 5.97 Å². The third-order valence-corrected chi connectivity index (χ3v) is 5.50. The van der Waals surface area contributed by atoms with Crippen molar-refractivity contribution in [2.24, 2.45) is 0 Å². The van der Waals surface area contributed by atoms with Gasteiger partial charge in [-0.3, -0.25) is 4.79 Å². The second-order valence-corrected chi connectivity index (χ2v) is 8.36. The molecule has 150 valence electrons. The maximum absolute atomic E-state index is 12.5. The summed E-state index contributed by atoms with van der Waals surface area (Å²) < 4.78 is 0. The van der Waals surface area contributed by atoms with E-state index in [4.69, 9.17) is 5.11 Å². The number of fused-ring (bicyclic) bond motifs is 1. The van der Waals surface area contributed by atoms with Crippen LogP contribution in [0.3, 0.4) is 0 Å². The molecule has 2 aromatic carbocycles. The molecule has 0 spiro atoms. The molecule has 0 atom stereocenters. The molecule has 1 amide bonds. The van der Waals surface area contributed by atoms with Crippen LogP contribution >= 0.6 is 0 Å². The first-order chi connectivity index (χ1) is 13.1. The molecule has 0 heterocycles. The van der Waals surface area contributed by atoms with Gasteiger partial charge in [-0.1, -0.05) is 47.6 Å². The minimum absolute atomic E-state index is 0.0781. The van der Waals surface area contributed by atoms with Crippen molar-refractivity contribution >= 4 is 17.6 Å². The maximum Gasteiger partial charge on any atom is 0.335 e. The number of carbonyl (C=O) groups is 2. The normalized spacial score (nSPS) is 16.2. The SMILES string of the molecule is CC.CC1(C)CCC(C)(C)c2cc(NC(=O)c3ccc(C(=O)O)cc3)ccc21. The highest BCUT2D eigenvalue weighted by molar-refractivity contribution is 6.04. The summed E-state index contributed by atoms with van der Waals surface area (Å²) in [6.07, 6.45) is 2.26. The van der Waals surface area contributed by atoms with Gasteiger partial charge in [0, 0.05) is 11.3 Å². The van der Waals surface area contributed by atoms with Gasteiger partial charge in [0.1, 0.15) is 0 Å². The van der Waals surface area contributed by atoms with Gasteiger partial charge in [0.05, 0.1) is 5.56 Å². The zero-order valence-electron chi connectivity index (χ0n) is 17.7. The molecule has 4 nitrogen and oxygen atoms in total. The van der Waals surface area contributed by atoms with Crippen LogP contribution in [-0.2, 0) is 10.8 Å². The first-order valence-electron chi connectivity index (χ1n) is 9.90. The van der Waals surface area contributed by atoms with Gasteiger partial charge in [-0.25, -0.2) is 4.79 Å². The van der Waals surface area contributed by atoms with Crippen LogP contribution in [0.1, 0.15) is 86.2 Å². The minimum atomic E-state index is -1.00. The van der Waals surface area contributed by atoms with Crippen molar-refractivity contribution in [1.29, 1.82) is 0 Å². The second kappa shape index (κ2) is 8.17. The standard InChI is InChI=1S/C22H25NO3.C2H6/c1-21(2)11-12-22(3,4)18-13-16(9-10-17(18)21)23-19(24)14-5-7-15(8-6-14)20(25)26;1-2/h5-10,13H,11-12H2,1-4H3,(H,23,24)(H,25,26);1-2H3. The largest absolute Gasteiger partial charge is 0.478 e. The second-order valence-electron chi connectivity index (χ2n) is 8.36. The monoisotopic (exact) mass is 381 g/mol. The van der Waals surface area contributed by atoms with E-state index in [9.17, 15) is 9.59 Å². The molecular weight excluding hydrogens is 350 g/mol. The number of aromatic carboxylic acids is 1. The minimum Gasteiger partial charge on any atom is -0.478 e. The van der Waals surface area contributed by atoms with E-state index in [2.05, 4.69) is 45.1 Å². The van der Waals surface area contributed by atoms with E-state index in [1.165, 1.54) is 35.4 Å². The number of anilines is 1. The van der Waals surface area contributed by atoms with Gasteiger partial charge in [-0.15, -0.1) is 0 Å². The molecule has 0 bridgehead atoms. The molecule has 0 aromatic heterocycles. The molecule has 2 aromatic rings. The van der Waals surface area contributed by atoms with Crippen molar-refractivity contribution < 1.29 is 14.7 Å². The Morgan fingerprint density at radius 1 is 0.821 bits per heavy atom. The highest BCUT2D eigenvalue weighted by atomic mass is 16.4. The molecule has 1 aliphatic rings. The van der Waals surface area contributed by atoms with Gasteiger partial charge in [0.15, 0.2) is 0 Å². The van der Waals surface area contributed by atoms with Crippen LogP contribution < -0.4 is 5.32 Å². The summed E-state index contributed by atoms with van der Waals surface area (Å²) in [4.78, 5) is 23.4. The maximum atomic E-state index is 12.5. The molecule has 4 heteroatoms. The Morgan fingerprint density at radius 3 is 1.86 bits per heavy atom. The predicted octanol–water partition coefficient (Wildman–Crippen LogP) is 6.01. The zero-order chi connectivity index (χ0) is 21.1. The van der Waals surface area contributed by atoms with Crippen LogP contribution in [0.2, 0.25) is 0 Å². The smallest absolute Gasteiger partial charge is 0.335 e. The van der Waals surface area contributed by atoms with Crippen molar-refractivity contribution in [3.05, 3.63) is 64.7 Å². The fraction of sp³-hybridized carbons (Fsp3) is 0.417. The average Bonchev–Trinajstić information content (AvgIpc) is 2.67. The number of hydrogen-bond donors (Lipinski definition) is 2. The average molecular weight is 382 g/mol. The Hall–Kier alpha value is -2.62. The lowest BCUT2D eigenvalue weighted by atomic mass is 9.63. The molecular formula is C24H31NO3. The molecule has 0 radical (unpaired) electrons. The number of carboxylic acid groups (broad SMARTS) is 1. The Bertz CT molecular complexity index is 864. The summed E-state index contributed by atoms with van der Waals surface area (Å²) in [5.74, 6) is -1.24. The molecule has 0 unspecified atom stereocenters. The quantitative estimate of drug-likeness (QED) is 0.684. The number of carboxylic acids is 1. The Balaban J connectivity index is 0.00000136. The Labute approximate surface area is 168 Å². The zero-order valence-corrected chi connectivity index (χ0v) is 17.7. The van der Waals surface area contributed by atoms with E-state index >= 15 is 0 Å². The van der Waals surface area contributed by atoms with Crippen LogP contribution in [0.4, 0.5) is 5.69 Å². The lowest BCUT2D eigenvalue weighted by Crippen LogP contribution is -2.33. The molecule has 3 rings (SSSR count). The third kappa shape index (κ3) is 4.44. The number of rotatable bonds is 3. The first-order valence-corrected chi connectivity index (χ1v) is 9.90. The number of carbonyl (C=O) groups excluding carboxylic acids is 1. The van der Waals surface area contributed by atoms with Crippen LogP contribution in [-0.4, -0.2) is 17.0 Å². The lowest BCUT2D eigenvalue weighted by Gasteiger charge is -2.42. The van der Waals surface area contributed by atoms with E-state index in [0.717, 1.165) is 18.5 Å². The number of hydrogen-bond acceptors (Lipinski definition) is 2. The molecule has 0 aliphatic heterocycles. The van der Waals surface area contributed by atoms with Gasteiger partial charge in [-0.2, -0.15) is 0 Å². The highest BCUT2D eigenvalue weighted by Crippen LogP contribution is 2.46. The molecule has 1 aliphatic carbocycles. The van der Waals surface area contributed by atoms with Gasteiger partial charge in [0.25, 0.3) is 5.91 Å². The third-order valence-electron chi connectivity index (χ3n) is 5.50. The summed E-state index contributed by atoms with van der Waals surface area (Å²) in [7, 11) is 0. The summed E-state index contributed by atoms with van der Waals surface area (Å²) >= 11 is 0. The summed E-state index contributed by atoms with van der Waals surface area (Å²) in [6.45, 7) is 13.0. The fourth-order valence-electron chi connectivity index (χ4n) is 3.63. The van der Waals surface area contributed by atoms with Crippen LogP contribution in [0.25, 0.3) is 0 Å². The fourth-order valence-corrected chi connectivity index (χ4v) is 3.63. The molecule has 2 N–H and O–H groups in total. The topological polar surface area (TPSA) is 66.4 Å². The molecule has 0 fully saturated rings. The molecule has 28 heavy (non-hydrogen) atoms. The van der Waals surface area contributed by atoms with Gasteiger partial charge in [-0.05, 0) is 71.2 Å². The van der Waals surface area contributed by atoms with Crippen LogP contribution in [0.5, 0.6) is 0 Å². The summed E-state index contributed by atoms with van der Waals surface area (Å²) in [6, 6.07) is 12.1. The Morgan fingerprint density at radius 2 is 1.32 bits per heavy atom. The molecule has 0 saturated carbocycles. The number of benzene rings is 2. The van der Waals surface area contributed by atoms with Crippen molar-refractivity contribution in [1.82, 2.24) is 0 Å². The van der Waals surface area contributed by atoms with Crippen molar-refractivity contribution in [2.45, 2.75) is 65.2 Å². The van der Waals surface area contributed by atoms with Crippen LogP contribution in [0, 0.1) is 0 Å². The van der Waals surface area contributed by atoms with Crippen molar-refractivity contribution in [3.8, 4) is 0 Å². The predicted molar refractivity (Wildman–Crippen MR) is 114 cm³/mol. The first kappa shape index (κ1) is 21.7. The van der Waals surface area contributed by atoms with Gasteiger partial charge in [0.2, 0.25) is 0 Å². The number of nitrogens with one attached hydrogen (secondary N) is 1. The van der Waals surface area contributed by atoms with Gasteiger partial charge < -0.3 is 10.4 Å². The van der Waals surface area contributed by atoms with Crippen molar-refractivity contribution in [2.75, 3.05) is 5.32 Å². The van der Waals surface area contributed by atoms with Crippen LogP contribution in [0.15, 0.2) is 42.5 Å². The van der Waals surface area contributed by atoms with E-state index in [1.807, 2.05) is 19.9 Å². The highest BCUT2D eigenvalue weighted by Gasteiger charge is 2.37. The lowest BCUT2D eigenvalue weighted by molar-refractivity contribution is 0.0696. The van der Waals surface area contributed by atoms with E-state index in [1.54, 1.807) is 0 Å². The summed E-state index contributed by atoms with van der Waals surface area (Å²) in [5.41, 5.74) is 4.22. The van der Waals surface area contributed by atoms with Crippen molar-refractivity contribution in [3.63, 3.8) is 0 Å². The van der Waals surface area contributed by atoms with E-state index in [0.29, 0.717) is 5.56 Å². The summed E-state index contributed by atoms with van der Waals surface area (Å²) in [5, 5.41) is 11.9. The molecule has 0 saturated heterocycles. The van der Waals surface area contributed by atoms with E-state index in [-0.39, 0.29) is 22.3 Å². The number of amides is 1. The Kier molecular flexibility index (Phi) is 6.33. The van der Waals surface area contributed by atoms with Gasteiger partial charge >= 0.3 is 5.97 Å².